The first kappa shape index (κ1) is 16.5. The molecule has 1 aromatic rings. The van der Waals surface area contributed by atoms with Crippen LogP contribution >= 0.6 is 23.4 Å². The Morgan fingerprint density at radius 1 is 1.48 bits per heavy atom. The first-order chi connectivity index (χ1) is 10.1. The highest BCUT2D eigenvalue weighted by molar-refractivity contribution is 7.98. The lowest BCUT2D eigenvalue weighted by atomic mass is 10.0. The van der Waals surface area contributed by atoms with Crippen molar-refractivity contribution in [1.82, 2.24) is 4.90 Å². The zero-order chi connectivity index (χ0) is 15.2. The average molecular weight is 330 g/mol. The third kappa shape index (κ3) is 4.80. The lowest BCUT2D eigenvalue weighted by Crippen LogP contribution is -2.51. The number of β-amino-alcohol motifs (C(OH)–C–C–N with tert-alkyl or cyclic N) is 1. The molecule has 2 atom stereocenters. The number of nitrogens with zero attached hydrogens (tertiary/aromatic N) is 1. The Kier molecular flexibility index (Phi) is 6.21. The Morgan fingerprint density at radius 2 is 2.19 bits per heavy atom. The van der Waals surface area contributed by atoms with E-state index in [1.54, 1.807) is 40.9 Å². The molecule has 1 aliphatic heterocycles. The number of rotatable bonds is 5. The van der Waals surface area contributed by atoms with Crippen LogP contribution in [-0.4, -0.2) is 53.2 Å². The molecule has 2 rings (SSSR count). The van der Waals surface area contributed by atoms with E-state index in [1.807, 2.05) is 6.26 Å². The first-order valence-corrected chi connectivity index (χ1v) is 8.74. The second-order valence-corrected chi connectivity index (χ2v) is 6.47. The number of amides is 1. The van der Waals surface area contributed by atoms with Crippen molar-refractivity contribution in [3.8, 4) is 5.75 Å². The van der Waals surface area contributed by atoms with Gasteiger partial charge in [0.05, 0.1) is 6.54 Å². The molecule has 1 heterocycles. The zero-order valence-electron chi connectivity index (χ0n) is 12.0. The summed E-state index contributed by atoms with van der Waals surface area (Å²) in [5.41, 5.74) is 0. The van der Waals surface area contributed by atoms with Crippen LogP contribution in [-0.2, 0) is 4.79 Å². The van der Waals surface area contributed by atoms with Gasteiger partial charge in [0.25, 0.3) is 0 Å². The van der Waals surface area contributed by atoms with E-state index in [-0.39, 0.29) is 12.0 Å². The van der Waals surface area contributed by atoms with Gasteiger partial charge in [-0.1, -0.05) is 11.6 Å². The first-order valence-electron chi connectivity index (χ1n) is 6.97. The van der Waals surface area contributed by atoms with Crippen molar-refractivity contribution in [2.75, 3.05) is 25.1 Å². The van der Waals surface area contributed by atoms with Crippen molar-refractivity contribution in [2.45, 2.75) is 25.0 Å². The molecule has 1 N–H and O–H groups in total. The normalized spacial score (nSPS) is 22.1. The van der Waals surface area contributed by atoms with Crippen molar-refractivity contribution in [3.05, 3.63) is 29.3 Å². The summed E-state index contributed by atoms with van der Waals surface area (Å²) < 4.78 is 5.78. The summed E-state index contributed by atoms with van der Waals surface area (Å²) in [6.07, 6.45) is 2.20. The van der Waals surface area contributed by atoms with Crippen LogP contribution in [0.25, 0.3) is 0 Å². The van der Waals surface area contributed by atoms with E-state index in [4.69, 9.17) is 16.3 Å². The number of thioether (sulfide) groups is 1. The fraction of sp³-hybridized carbons (Fsp3) is 0.533. The van der Waals surface area contributed by atoms with Gasteiger partial charge in [-0.2, -0.15) is 11.8 Å². The molecule has 0 bridgehead atoms. The zero-order valence-corrected chi connectivity index (χ0v) is 13.6. The van der Waals surface area contributed by atoms with E-state index in [1.165, 1.54) is 0 Å². The summed E-state index contributed by atoms with van der Waals surface area (Å²) in [5, 5.41) is 10.8. The summed E-state index contributed by atoms with van der Waals surface area (Å²) in [5.74, 6) is 1.61. The number of hydrogen-bond acceptors (Lipinski definition) is 4. The number of hydrogen-bond donors (Lipinski definition) is 1. The maximum Gasteiger partial charge on any atom is 0.223 e. The second-order valence-electron chi connectivity index (χ2n) is 5.05. The standard InChI is InChI=1S/C15H20ClNO3S/c1-21-9-7-15(19)17-8-6-14(13(18)10-17)20-12-4-2-11(16)3-5-12/h2-5,13-14,18H,6-10H2,1H3/t13-,14-/m1/s1. The fourth-order valence-corrected chi connectivity index (χ4v) is 2.81. The molecule has 0 radical (unpaired) electrons. The molecule has 1 fully saturated rings. The summed E-state index contributed by atoms with van der Waals surface area (Å²) >= 11 is 7.48. The number of aliphatic hydroxyl groups is 1. The highest BCUT2D eigenvalue weighted by Crippen LogP contribution is 2.21. The second kappa shape index (κ2) is 7.92. The molecule has 0 unspecified atom stereocenters. The number of piperidine rings is 1. The predicted octanol–water partition coefficient (Wildman–Crippen LogP) is 2.43. The third-order valence-corrected chi connectivity index (χ3v) is 4.36. The molecule has 0 aromatic heterocycles. The molecular weight excluding hydrogens is 310 g/mol. The Morgan fingerprint density at radius 3 is 2.81 bits per heavy atom. The minimum atomic E-state index is -0.660. The lowest BCUT2D eigenvalue weighted by molar-refractivity contribution is -0.136. The molecular formula is C15H20ClNO3S. The van der Waals surface area contributed by atoms with Crippen LogP contribution in [0.4, 0.5) is 0 Å². The summed E-state index contributed by atoms with van der Waals surface area (Å²) in [7, 11) is 0. The summed E-state index contributed by atoms with van der Waals surface area (Å²) in [4.78, 5) is 13.7. The molecule has 4 nitrogen and oxygen atoms in total. The van der Waals surface area contributed by atoms with Gasteiger partial charge in [-0.25, -0.2) is 0 Å². The number of ether oxygens (including phenoxy) is 1. The molecule has 116 valence electrons. The smallest absolute Gasteiger partial charge is 0.223 e. The van der Waals surface area contributed by atoms with E-state index in [2.05, 4.69) is 0 Å². The maximum atomic E-state index is 12.0. The lowest BCUT2D eigenvalue weighted by Gasteiger charge is -2.36. The topological polar surface area (TPSA) is 49.8 Å². The number of carbonyl (C=O) groups excluding carboxylic acids is 1. The van der Waals surface area contributed by atoms with Crippen LogP contribution in [0, 0.1) is 0 Å². The SMILES string of the molecule is CSCCC(=O)N1CC[C@@H](Oc2ccc(Cl)cc2)[C@H](O)C1. The van der Waals surface area contributed by atoms with E-state index in [0.29, 0.717) is 36.7 Å². The van der Waals surface area contributed by atoms with Crippen LogP contribution in [0.2, 0.25) is 5.02 Å². The van der Waals surface area contributed by atoms with Crippen molar-refractivity contribution < 1.29 is 14.6 Å². The van der Waals surface area contributed by atoms with Gasteiger partial charge in [-0.05, 0) is 30.5 Å². The number of carbonyl (C=O) groups is 1. The fourth-order valence-electron chi connectivity index (χ4n) is 2.31. The van der Waals surface area contributed by atoms with Crippen LogP contribution in [0.5, 0.6) is 5.75 Å². The molecule has 6 heteroatoms. The molecule has 0 saturated carbocycles. The number of halogens is 1. The minimum Gasteiger partial charge on any atom is -0.488 e. The Balaban J connectivity index is 1.86. The largest absolute Gasteiger partial charge is 0.488 e. The summed E-state index contributed by atoms with van der Waals surface area (Å²) in [6, 6.07) is 7.07. The van der Waals surface area contributed by atoms with Gasteiger partial charge in [0.15, 0.2) is 0 Å². The molecule has 1 amide bonds. The van der Waals surface area contributed by atoms with Crippen molar-refractivity contribution in [1.29, 1.82) is 0 Å². The predicted molar refractivity (Wildman–Crippen MR) is 86.1 cm³/mol. The molecule has 0 aliphatic carbocycles. The Bertz CT molecular complexity index is 468. The van der Waals surface area contributed by atoms with Crippen LogP contribution < -0.4 is 4.74 Å². The number of likely N-dealkylation sites (tertiary alicyclic amines) is 1. The molecule has 0 spiro atoms. The highest BCUT2D eigenvalue weighted by Gasteiger charge is 2.31. The highest BCUT2D eigenvalue weighted by atomic mass is 35.5. The van der Waals surface area contributed by atoms with E-state index < -0.39 is 6.10 Å². The minimum absolute atomic E-state index is 0.105. The number of benzene rings is 1. The van der Waals surface area contributed by atoms with Gasteiger partial charge < -0.3 is 14.7 Å². The van der Waals surface area contributed by atoms with Crippen LogP contribution in [0.15, 0.2) is 24.3 Å². The monoisotopic (exact) mass is 329 g/mol. The molecule has 1 saturated heterocycles. The Labute approximate surface area is 134 Å². The van der Waals surface area contributed by atoms with Crippen molar-refractivity contribution >= 4 is 29.3 Å². The van der Waals surface area contributed by atoms with Gasteiger partial charge in [0.1, 0.15) is 18.0 Å². The van der Waals surface area contributed by atoms with E-state index >= 15 is 0 Å². The van der Waals surface area contributed by atoms with Crippen molar-refractivity contribution in [2.24, 2.45) is 0 Å². The number of aliphatic hydroxyl groups excluding tert-OH is 1. The Hall–Kier alpha value is -0.910. The average Bonchev–Trinajstić information content (AvgIpc) is 2.49. The maximum absolute atomic E-state index is 12.0. The third-order valence-electron chi connectivity index (χ3n) is 3.49. The van der Waals surface area contributed by atoms with Gasteiger partial charge in [-0.3, -0.25) is 4.79 Å². The van der Waals surface area contributed by atoms with Gasteiger partial charge in [-0.15, -0.1) is 0 Å². The van der Waals surface area contributed by atoms with E-state index in [9.17, 15) is 9.90 Å². The van der Waals surface area contributed by atoms with Crippen molar-refractivity contribution in [3.63, 3.8) is 0 Å². The van der Waals surface area contributed by atoms with Crippen LogP contribution in [0.1, 0.15) is 12.8 Å². The molecule has 21 heavy (non-hydrogen) atoms. The quantitative estimate of drug-likeness (QED) is 0.901. The molecule has 1 aromatic carbocycles. The van der Waals surface area contributed by atoms with Gasteiger partial charge >= 0.3 is 0 Å². The molecule has 1 aliphatic rings. The summed E-state index contributed by atoms with van der Waals surface area (Å²) in [6.45, 7) is 0.966. The van der Waals surface area contributed by atoms with Gasteiger partial charge in [0, 0.05) is 30.2 Å². The van der Waals surface area contributed by atoms with Gasteiger partial charge in [0.2, 0.25) is 5.91 Å². The van der Waals surface area contributed by atoms with E-state index in [0.717, 1.165) is 5.75 Å². The van der Waals surface area contributed by atoms with Crippen LogP contribution in [0.3, 0.4) is 0 Å².